The maximum absolute atomic E-state index is 11.2. The number of rotatable bonds is 2. The highest BCUT2D eigenvalue weighted by atomic mass is 35.5. The predicted octanol–water partition coefficient (Wildman–Crippen LogP) is 4.46. The Bertz CT molecular complexity index is 813. The number of aromatic nitrogens is 1. The van der Waals surface area contributed by atoms with Crippen molar-refractivity contribution in [3.05, 3.63) is 69.9 Å². The molecule has 3 aromatic rings. The fourth-order valence-electron chi connectivity index (χ4n) is 2.21. The Morgan fingerprint density at radius 2 is 1.75 bits per heavy atom. The molecule has 98 valence electrons. The number of pyridine rings is 1. The molecule has 0 aliphatic rings. The van der Waals surface area contributed by atoms with E-state index in [4.69, 9.17) is 11.6 Å². The number of hydrogen-bond donors (Lipinski definition) is 0. The van der Waals surface area contributed by atoms with Crippen LogP contribution in [0.5, 0.6) is 0 Å². The van der Waals surface area contributed by atoms with Crippen LogP contribution in [0.3, 0.4) is 0 Å². The highest BCUT2D eigenvalue weighted by molar-refractivity contribution is 6.29. The molecule has 3 rings (SSSR count). The van der Waals surface area contributed by atoms with Gasteiger partial charge in [0.1, 0.15) is 5.15 Å². The van der Waals surface area contributed by atoms with Gasteiger partial charge in [-0.3, -0.25) is 10.1 Å². The van der Waals surface area contributed by atoms with Gasteiger partial charge in [0.15, 0.2) is 5.69 Å². The van der Waals surface area contributed by atoms with E-state index >= 15 is 0 Å². The molecular formula is C15H9ClN2O2. The van der Waals surface area contributed by atoms with Crippen LogP contribution >= 0.6 is 11.6 Å². The fourth-order valence-corrected chi connectivity index (χ4v) is 2.35. The predicted molar refractivity (Wildman–Crippen MR) is 78.8 cm³/mol. The van der Waals surface area contributed by atoms with Gasteiger partial charge >= 0.3 is 0 Å². The second-order valence-electron chi connectivity index (χ2n) is 4.29. The maximum atomic E-state index is 11.2. The first-order chi connectivity index (χ1) is 9.66. The molecule has 5 heteroatoms. The van der Waals surface area contributed by atoms with Crippen LogP contribution < -0.4 is 0 Å². The summed E-state index contributed by atoms with van der Waals surface area (Å²) in [6, 6.07) is 16.1. The van der Waals surface area contributed by atoms with Crippen LogP contribution in [-0.4, -0.2) is 9.91 Å². The van der Waals surface area contributed by atoms with E-state index in [1.165, 1.54) is 12.1 Å². The molecular weight excluding hydrogens is 276 g/mol. The van der Waals surface area contributed by atoms with Gasteiger partial charge in [-0.05, 0) is 16.8 Å². The number of nitrogens with zero attached hydrogens (tertiary/aromatic N) is 2. The summed E-state index contributed by atoms with van der Waals surface area (Å²) in [4.78, 5) is 14.9. The van der Waals surface area contributed by atoms with Crippen LogP contribution in [-0.2, 0) is 0 Å². The van der Waals surface area contributed by atoms with Crippen LogP contribution in [0, 0.1) is 10.1 Å². The highest BCUT2D eigenvalue weighted by Crippen LogP contribution is 2.34. The summed E-state index contributed by atoms with van der Waals surface area (Å²) in [5.41, 5.74) is 0.947. The van der Waals surface area contributed by atoms with Crippen LogP contribution in [0.2, 0.25) is 5.15 Å². The molecule has 0 saturated carbocycles. The van der Waals surface area contributed by atoms with Crippen molar-refractivity contribution >= 4 is 28.1 Å². The first-order valence-electron chi connectivity index (χ1n) is 5.96. The molecule has 0 amide bonds. The zero-order valence-electron chi connectivity index (χ0n) is 10.3. The number of fused-ring (bicyclic) bond motifs is 1. The minimum atomic E-state index is -0.444. The Kier molecular flexibility index (Phi) is 3.08. The van der Waals surface area contributed by atoms with Gasteiger partial charge in [-0.25, -0.2) is 4.98 Å². The average Bonchev–Trinajstić information content (AvgIpc) is 2.46. The topological polar surface area (TPSA) is 56.0 Å². The van der Waals surface area contributed by atoms with E-state index in [2.05, 4.69) is 4.98 Å². The summed E-state index contributed by atoms with van der Waals surface area (Å²) in [5.74, 6) is 0. The van der Waals surface area contributed by atoms with Gasteiger partial charge in [-0.15, -0.1) is 0 Å². The van der Waals surface area contributed by atoms with Gasteiger partial charge in [0.2, 0.25) is 0 Å². The Morgan fingerprint density at radius 3 is 2.55 bits per heavy atom. The standard InChI is InChI=1S/C15H9ClN2O2/c16-14-9-8-13(18(19)20)15(17-14)12-7-3-5-10-4-1-2-6-11(10)12/h1-9H. The molecule has 0 aliphatic heterocycles. The second kappa shape index (κ2) is 4.90. The quantitative estimate of drug-likeness (QED) is 0.396. The van der Waals surface area contributed by atoms with Gasteiger partial charge in [-0.1, -0.05) is 54.1 Å². The molecule has 0 bridgehead atoms. The number of halogens is 1. The van der Waals surface area contributed by atoms with Gasteiger partial charge in [-0.2, -0.15) is 0 Å². The van der Waals surface area contributed by atoms with Crippen molar-refractivity contribution in [2.75, 3.05) is 0 Å². The van der Waals surface area contributed by atoms with Crippen LogP contribution in [0.1, 0.15) is 0 Å². The molecule has 1 heterocycles. The minimum absolute atomic E-state index is 0.0502. The SMILES string of the molecule is O=[N+]([O-])c1ccc(Cl)nc1-c1cccc2ccccc12. The lowest BCUT2D eigenvalue weighted by atomic mass is 10.0. The van der Waals surface area contributed by atoms with Crippen molar-refractivity contribution in [1.29, 1.82) is 0 Å². The van der Waals surface area contributed by atoms with Crippen molar-refractivity contribution in [3.8, 4) is 11.3 Å². The zero-order chi connectivity index (χ0) is 14.1. The van der Waals surface area contributed by atoms with E-state index in [1.54, 1.807) is 0 Å². The van der Waals surface area contributed by atoms with Crippen molar-refractivity contribution < 1.29 is 4.92 Å². The highest BCUT2D eigenvalue weighted by Gasteiger charge is 2.18. The zero-order valence-corrected chi connectivity index (χ0v) is 11.0. The molecule has 0 aliphatic carbocycles. The fraction of sp³-hybridized carbons (Fsp3) is 0. The number of benzene rings is 2. The molecule has 0 saturated heterocycles. The van der Waals surface area contributed by atoms with Crippen LogP contribution in [0.15, 0.2) is 54.6 Å². The third-order valence-electron chi connectivity index (χ3n) is 3.08. The van der Waals surface area contributed by atoms with Crippen molar-refractivity contribution in [2.24, 2.45) is 0 Å². The van der Waals surface area contributed by atoms with E-state index in [0.29, 0.717) is 11.3 Å². The summed E-state index contributed by atoms with van der Waals surface area (Å²) in [6.07, 6.45) is 0. The summed E-state index contributed by atoms with van der Waals surface area (Å²) >= 11 is 5.89. The van der Waals surface area contributed by atoms with Gasteiger partial charge in [0, 0.05) is 11.6 Å². The first kappa shape index (κ1) is 12.6. The molecule has 4 nitrogen and oxygen atoms in total. The second-order valence-corrected chi connectivity index (χ2v) is 4.67. The number of hydrogen-bond acceptors (Lipinski definition) is 3. The molecule has 0 atom stereocenters. The normalized spacial score (nSPS) is 10.7. The molecule has 2 aromatic carbocycles. The van der Waals surface area contributed by atoms with Gasteiger partial charge in [0.05, 0.1) is 4.92 Å². The Morgan fingerprint density at radius 1 is 1.00 bits per heavy atom. The summed E-state index contributed by atoms with van der Waals surface area (Å²) in [5, 5.41) is 13.3. The third-order valence-corrected chi connectivity index (χ3v) is 3.29. The summed E-state index contributed by atoms with van der Waals surface area (Å²) < 4.78 is 0. The summed E-state index contributed by atoms with van der Waals surface area (Å²) in [6.45, 7) is 0. The molecule has 0 unspecified atom stereocenters. The van der Waals surface area contributed by atoms with Gasteiger partial charge in [0.25, 0.3) is 5.69 Å². The van der Waals surface area contributed by atoms with E-state index in [-0.39, 0.29) is 10.8 Å². The molecule has 0 fully saturated rings. The van der Waals surface area contributed by atoms with Crippen molar-refractivity contribution in [1.82, 2.24) is 4.98 Å². The Hall–Kier alpha value is -2.46. The first-order valence-corrected chi connectivity index (χ1v) is 6.33. The Labute approximate surface area is 119 Å². The van der Waals surface area contributed by atoms with E-state index in [0.717, 1.165) is 10.8 Å². The van der Waals surface area contributed by atoms with Crippen molar-refractivity contribution in [3.63, 3.8) is 0 Å². The Balaban J connectivity index is 2.36. The van der Waals surface area contributed by atoms with Crippen LogP contribution in [0.4, 0.5) is 5.69 Å². The smallest absolute Gasteiger partial charge is 0.258 e. The maximum Gasteiger partial charge on any atom is 0.295 e. The van der Waals surface area contributed by atoms with E-state index < -0.39 is 4.92 Å². The lowest BCUT2D eigenvalue weighted by Crippen LogP contribution is -1.95. The lowest BCUT2D eigenvalue weighted by molar-refractivity contribution is -0.384. The summed E-state index contributed by atoms with van der Waals surface area (Å²) in [7, 11) is 0. The van der Waals surface area contributed by atoms with Crippen LogP contribution in [0.25, 0.3) is 22.0 Å². The molecule has 1 aromatic heterocycles. The molecule has 0 spiro atoms. The average molecular weight is 285 g/mol. The molecule has 20 heavy (non-hydrogen) atoms. The lowest BCUT2D eigenvalue weighted by Gasteiger charge is -2.07. The molecule has 0 N–H and O–H groups in total. The largest absolute Gasteiger partial charge is 0.295 e. The van der Waals surface area contributed by atoms with Crippen molar-refractivity contribution in [2.45, 2.75) is 0 Å². The van der Waals surface area contributed by atoms with E-state index in [1.807, 2.05) is 42.5 Å². The third kappa shape index (κ3) is 2.10. The monoisotopic (exact) mass is 284 g/mol. The van der Waals surface area contributed by atoms with E-state index in [9.17, 15) is 10.1 Å². The number of nitro groups is 1. The minimum Gasteiger partial charge on any atom is -0.258 e. The van der Waals surface area contributed by atoms with Gasteiger partial charge < -0.3 is 0 Å². The molecule has 0 radical (unpaired) electrons.